The minimum atomic E-state index is -3.67. The van der Waals surface area contributed by atoms with Crippen LogP contribution < -0.4 is 0 Å². The third kappa shape index (κ3) is 2.73. The number of likely N-dealkylation sites (N-methyl/N-ethyl adjacent to an activating group) is 1. The van der Waals surface area contributed by atoms with E-state index >= 15 is 0 Å². The zero-order chi connectivity index (χ0) is 14.2. The van der Waals surface area contributed by atoms with E-state index in [1.807, 2.05) is 6.92 Å². The van der Waals surface area contributed by atoms with Crippen molar-refractivity contribution < 1.29 is 22.7 Å². The summed E-state index contributed by atoms with van der Waals surface area (Å²) in [5.74, 6) is 0.203. The molecule has 1 fully saturated rings. The molecule has 0 amide bonds. The van der Waals surface area contributed by atoms with Crippen LogP contribution in [0.2, 0.25) is 0 Å². The van der Waals surface area contributed by atoms with Gasteiger partial charge in [0.05, 0.1) is 12.1 Å². The largest absolute Gasteiger partial charge is 0.450 e. The lowest BCUT2D eigenvalue weighted by molar-refractivity contribution is 0.102. The lowest BCUT2D eigenvalue weighted by atomic mass is 10.2. The van der Waals surface area contributed by atoms with Crippen molar-refractivity contribution in [1.29, 1.82) is 0 Å². The fraction of sp³-hybridized carbons (Fsp3) is 0.636. The number of sulfonamides is 1. The van der Waals surface area contributed by atoms with Crippen LogP contribution >= 0.6 is 15.9 Å². The van der Waals surface area contributed by atoms with Crippen molar-refractivity contribution in [3.8, 4) is 0 Å². The predicted octanol–water partition coefficient (Wildman–Crippen LogP) is 1.33. The molecule has 108 valence electrons. The fourth-order valence-corrected chi connectivity index (χ4v) is 4.59. The van der Waals surface area contributed by atoms with Crippen molar-refractivity contribution >= 4 is 26.0 Å². The SMILES string of the molecule is CC1OCCC1N(C)S(=O)(=O)c1cc(CO)oc1Br. The van der Waals surface area contributed by atoms with Crippen LogP contribution in [0.3, 0.4) is 0 Å². The van der Waals surface area contributed by atoms with Gasteiger partial charge >= 0.3 is 0 Å². The van der Waals surface area contributed by atoms with Crippen LogP contribution in [0.15, 0.2) is 20.0 Å². The average Bonchev–Trinajstić information content (AvgIpc) is 2.94. The van der Waals surface area contributed by atoms with Gasteiger partial charge in [-0.1, -0.05) is 0 Å². The highest BCUT2D eigenvalue weighted by Crippen LogP contribution is 2.31. The quantitative estimate of drug-likeness (QED) is 0.883. The van der Waals surface area contributed by atoms with E-state index in [1.54, 1.807) is 0 Å². The lowest BCUT2D eigenvalue weighted by Gasteiger charge is -2.25. The molecule has 1 saturated heterocycles. The highest BCUT2D eigenvalue weighted by atomic mass is 79.9. The molecule has 0 saturated carbocycles. The van der Waals surface area contributed by atoms with Gasteiger partial charge in [-0.3, -0.25) is 0 Å². The Bertz CT molecular complexity index is 555. The minimum Gasteiger partial charge on any atom is -0.450 e. The number of aliphatic hydroxyl groups is 1. The Balaban J connectivity index is 2.33. The molecular weight excluding hydrogens is 338 g/mol. The molecule has 0 bridgehead atoms. The van der Waals surface area contributed by atoms with Crippen molar-refractivity contribution in [2.45, 2.75) is 37.0 Å². The number of ether oxygens (including phenoxy) is 1. The Morgan fingerprint density at radius 2 is 2.26 bits per heavy atom. The van der Waals surface area contributed by atoms with Crippen molar-refractivity contribution in [2.75, 3.05) is 13.7 Å². The van der Waals surface area contributed by atoms with E-state index in [0.29, 0.717) is 13.0 Å². The van der Waals surface area contributed by atoms with Crippen LogP contribution in [0.5, 0.6) is 0 Å². The molecule has 2 unspecified atom stereocenters. The second kappa shape index (κ2) is 5.53. The Kier molecular flexibility index (Phi) is 4.36. The molecule has 1 aliphatic heterocycles. The topological polar surface area (TPSA) is 80.0 Å². The van der Waals surface area contributed by atoms with Gasteiger partial charge in [0.25, 0.3) is 0 Å². The molecule has 2 heterocycles. The van der Waals surface area contributed by atoms with Gasteiger partial charge in [0.15, 0.2) is 4.67 Å². The van der Waals surface area contributed by atoms with Crippen molar-refractivity contribution in [2.24, 2.45) is 0 Å². The van der Waals surface area contributed by atoms with Gasteiger partial charge in [-0.05, 0) is 29.3 Å². The van der Waals surface area contributed by atoms with Crippen LogP contribution in [0.25, 0.3) is 0 Å². The summed E-state index contributed by atoms with van der Waals surface area (Å²) in [5.41, 5.74) is 0. The maximum absolute atomic E-state index is 12.5. The van der Waals surface area contributed by atoms with E-state index in [1.165, 1.54) is 17.4 Å². The number of furan rings is 1. The van der Waals surface area contributed by atoms with Crippen LogP contribution in [0.1, 0.15) is 19.1 Å². The number of nitrogens with zero attached hydrogens (tertiary/aromatic N) is 1. The Morgan fingerprint density at radius 1 is 1.58 bits per heavy atom. The maximum Gasteiger partial charge on any atom is 0.247 e. The zero-order valence-corrected chi connectivity index (χ0v) is 13.1. The monoisotopic (exact) mass is 353 g/mol. The van der Waals surface area contributed by atoms with E-state index in [9.17, 15) is 8.42 Å². The van der Waals surface area contributed by atoms with E-state index < -0.39 is 10.0 Å². The average molecular weight is 354 g/mol. The Hall–Kier alpha value is -0.410. The molecule has 2 atom stereocenters. The van der Waals surface area contributed by atoms with Crippen molar-refractivity contribution in [3.63, 3.8) is 0 Å². The summed E-state index contributed by atoms with van der Waals surface area (Å²) >= 11 is 3.07. The molecule has 1 aliphatic rings. The summed E-state index contributed by atoms with van der Waals surface area (Å²) < 4.78 is 37.0. The molecule has 1 aromatic heterocycles. The molecular formula is C11H16BrNO5S. The van der Waals surface area contributed by atoms with Gasteiger partial charge in [0.2, 0.25) is 10.0 Å². The van der Waals surface area contributed by atoms with E-state index in [-0.39, 0.29) is 34.1 Å². The zero-order valence-electron chi connectivity index (χ0n) is 10.7. The number of aliphatic hydroxyl groups excluding tert-OH is 1. The number of hydrogen-bond acceptors (Lipinski definition) is 5. The molecule has 1 aromatic rings. The van der Waals surface area contributed by atoms with Crippen molar-refractivity contribution in [1.82, 2.24) is 4.31 Å². The van der Waals surface area contributed by atoms with Gasteiger partial charge in [-0.25, -0.2) is 8.42 Å². The molecule has 8 heteroatoms. The van der Waals surface area contributed by atoms with E-state index in [4.69, 9.17) is 14.3 Å². The van der Waals surface area contributed by atoms with Crippen LogP contribution in [0, 0.1) is 0 Å². The first kappa shape index (κ1) is 15.0. The normalized spacial score (nSPS) is 24.3. The smallest absolute Gasteiger partial charge is 0.247 e. The van der Waals surface area contributed by atoms with Gasteiger partial charge in [0, 0.05) is 19.7 Å². The first-order chi connectivity index (χ1) is 8.87. The first-order valence-electron chi connectivity index (χ1n) is 5.86. The molecule has 0 radical (unpaired) electrons. The number of hydrogen-bond donors (Lipinski definition) is 1. The number of halogens is 1. The molecule has 6 nitrogen and oxygen atoms in total. The van der Waals surface area contributed by atoms with Crippen LogP contribution in [0.4, 0.5) is 0 Å². The summed E-state index contributed by atoms with van der Waals surface area (Å²) in [6.07, 6.45) is 0.530. The van der Waals surface area contributed by atoms with Gasteiger partial charge in [-0.2, -0.15) is 4.31 Å². The standard InChI is InChI=1S/C11H16BrNO5S/c1-7-9(3-4-17-7)13(2)19(15,16)10-5-8(6-14)18-11(10)12/h5,7,9,14H,3-4,6H2,1-2H3. The number of rotatable bonds is 4. The lowest BCUT2D eigenvalue weighted by Crippen LogP contribution is -2.40. The molecule has 19 heavy (non-hydrogen) atoms. The fourth-order valence-electron chi connectivity index (χ4n) is 2.18. The van der Waals surface area contributed by atoms with Crippen molar-refractivity contribution in [3.05, 3.63) is 16.5 Å². The second-order valence-electron chi connectivity index (χ2n) is 4.46. The van der Waals surface area contributed by atoms with Gasteiger partial charge in [0.1, 0.15) is 17.3 Å². The third-order valence-electron chi connectivity index (χ3n) is 3.32. The van der Waals surface area contributed by atoms with Crippen LogP contribution in [-0.4, -0.2) is 43.6 Å². The summed E-state index contributed by atoms with van der Waals surface area (Å²) in [4.78, 5) is 0.0261. The molecule has 1 N–H and O–H groups in total. The highest BCUT2D eigenvalue weighted by molar-refractivity contribution is 9.10. The third-order valence-corrected chi connectivity index (χ3v) is 6.06. The second-order valence-corrected chi connectivity index (χ2v) is 7.15. The molecule has 2 rings (SSSR count). The van der Waals surface area contributed by atoms with Crippen LogP contribution in [-0.2, 0) is 21.4 Å². The minimum absolute atomic E-state index is 0.0261. The molecule has 0 spiro atoms. The van der Waals surface area contributed by atoms with Gasteiger partial charge in [-0.15, -0.1) is 0 Å². The van der Waals surface area contributed by atoms with E-state index in [0.717, 1.165) is 0 Å². The first-order valence-corrected chi connectivity index (χ1v) is 8.10. The summed E-state index contributed by atoms with van der Waals surface area (Å²) in [7, 11) is -2.14. The Labute approximate surface area is 120 Å². The molecule has 0 aliphatic carbocycles. The summed E-state index contributed by atoms with van der Waals surface area (Å²) in [6, 6.07) is 1.14. The maximum atomic E-state index is 12.5. The predicted molar refractivity (Wildman–Crippen MR) is 71.1 cm³/mol. The van der Waals surface area contributed by atoms with E-state index in [2.05, 4.69) is 15.9 Å². The summed E-state index contributed by atoms with van der Waals surface area (Å²) in [6.45, 7) is 2.06. The Morgan fingerprint density at radius 3 is 2.74 bits per heavy atom. The summed E-state index contributed by atoms with van der Waals surface area (Å²) in [5, 5.41) is 8.99. The highest BCUT2D eigenvalue weighted by Gasteiger charge is 2.37. The molecule has 0 aromatic carbocycles. The van der Waals surface area contributed by atoms with Gasteiger partial charge < -0.3 is 14.3 Å².